The Kier molecular flexibility index (Phi) is 5.36. The maximum atomic E-state index is 13.0. The van der Waals surface area contributed by atoms with Gasteiger partial charge in [0, 0.05) is 37.5 Å². The fourth-order valence-corrected chi connectivity index (χ4v) is 4.71. The van der Waals surface area contributed by atoms with E-state index in [0.717, 1.165) is 17.7 Å². The summed E-state index contributed by atoms with van der Waals surface area (Å²) in [5.41, 5.74) is 7.17. The molecule has 0 saturated carbocycles. The number of piperazine rings is 1. The van der Waals surface area contributed by atoms with E-state index in [1.165, 1.54) is 6.26 Å². The summed E-state index contributed by atoms with van der Waals surface area (Å²) in [6, 6.07) is 11.0. The molecule has 2 aromatic rings. The maximum absolute atomic E-state index is 13.0. The molecule has 1 unspecified atom stereocenters. The predicted molar refractivity (Wildman–Crippen MR) is 113 cm³/mol. The number of aliphatic imine (C=N–C) groups is 1. The average Bonchev–Trinajstić information content (AvgIpc) is 3.28. The van der Waals surface area contributed by atoms with Crippen LogP contribution in [0.4, 0.5) is 0 Å². The maximum Gasteiger partial charge on any atom is 0.289 e. The van der Waals surface area contributed by atoms with E-state index in [9.17, 15) is 9.59 Å². The van der Waals surface area contributed by atoms with Crippen molar-refractivity contribution in [2.75, 3.05) is 31.9 Å². The van der Waals surface area contributed by atoms with Gasteiger partial charge in [-0.15, -0.1) is 0 Å². The molecule has 0 aliphatic carbocycles. The van der Waals surface area contributed by atoms with E-state index in [1.54, 1.807) is 33.7 Å². The summed E-state index contributed by atoms with van der Waals surface area (Å²) >= 11 is 1.56. The minimum atomic E-state index is -0.403. The molecule has 2 aliphatic heterocycles. The number of hydrogen-bond donors (Lipinski definition) is 1. The van der Waals surface area contributed by atoms with Gasteiger partial charge in [0.15, 0.2) is 10.9 Å². The minimum Gasteiger partial charge on any atom is -0.459 e. The fraction of sp³-hybridized carbons (Fsp3) is 0.381. The second-order valence-corrected chi connectivity index (χ2v) is 8.58. The molecule has 0 radical (unpaired) electrons. The van der Waals surface area contributed by atoms with Gasteiger partial charge in [0.25, 0.3) is 11.8 Å². The van der Waals surface area contributed by atoms with Crippen LogP contribution in [0, 0.1) is 0 Å². The summed E-state index contributed by atoms with van der Waals surface area (Å²) in [6.45, 7) is 4.02. The van der Waals surface area contributed by atoms with Crippen molar-refractivity contribution >= 4 is 28.7 Å². The quantitative estimate of drug-likeness (QED) is 0.836. The first-order valence-electron chi connectivity index (χ1n) is 9.67. The highest BCUT2D eigenvalue weighted by atomic mass is 32.2. The zero-order valence-corrected chi connectivity index (χ0v) is 17.2. The first-order chi connectivity index (χ1) is 14.0. The Balaban J connectivity index is 1.44. The van der Waals surface area contributed by atoms with Crippen molar-refractivity contribution in [3.63, 3.8) is 0 Å². The number of nitrogens with two attached hydrogens (primary N) is 1. The standard InChI is InChI=1S/C21H24N4O3S/c1-21(7-13-29-20(22)23-21)16-5-2-4-15(14-16)18(26)24-8-10-25(11-9-24)19(27)17-6-3-12-28-17/h2-6,12,14H,7-11,13H2,1H3,(H2,22,23). The number of rotatable bonds is 3. The second-order valence-electron chi connectivity index (χ2n) is 7.46. The molecule has 2 aliphatic rings. The monoisotopic (exact) mass is 412 g/mol. The van der Waals surface area contributed by atoms with Crippen LogP contribution in [0.25, 0.3) is 0 Å². The van der Waals surface area contributed by atoms with Gasteiger partial charge in [0.2, 0.25) is 0 Å². The van der Waals surface area contributed by atoms with E-state index in [0.29, 0.717) is 42.7 Å². The molecule has 29 heavy (non-hydrogen) atoms. The minimum absolute atomic E-state index is 0.0253. The number of carbonyl (C=O) groups is 2. The van der Waals surface area contributed by atoms with Crippen LogP contribution in [0.5, 0.6) is 0 Å². The molecule has 1 aromatic heterocycles. The van der Waals surface area contributed by atoms with E-state index in [-0.39, 0.29) is 11.8 Å². The van der Waals surface area contributed by atoms with Gasteiger partial charge in [0.05, 0.1) is 11.8 Å². The van der Waals surface area contributed by atoms with Crippen LogP contribution in [0.1, 0.15) is 39.8 Å². The van der Waals surface area contributed by atoms with Gasteiger partial charge < -0.3 is 20.0 Å². The lowest BCUT2D eigenvalue weighted by molar-refractivity contribution is 0.0518. The average molecular weight is 413 g/mol. The lowest BCUT2D eigenvalue weighted by atomic mass is 9.88. The highest BCUT2D eigenvalue weighted by Crippen LogP contribution is 2.35. The van der Waals surface area contributed by atoms with Crippen LogP contribution in [-0.4, -0.2) is 58.7 Å². The number of benzene rings is 1. The highest BCUT2D eigenvalue weighted by molar-refractivity contribution is 8.13. The highest BCUT2D eigenvalue weighted by Gasteiger charge is 2.31. The van der Waals surface area contributed by atoms with E-state index < -0.39 is 5.54 Å². The zero-order chi connectivity index (χ0) is 20.4. The molecule has 0 bridgehead atoms. The van der Waals surface area contributed by atoms with Crippen molar-refractivity contribution in [2.45, 2.75) is 18.9 Å². The molecule has 2 N–H and O–H groups in total. The Morgan fingerprint density at radius 1 is 1.10 bits per heavy atom. The SMILES string of the molecule is CC1(c2cccc(C(=O)N3CCN(C(=O)c4ccco4)CC3)c2)CCSC(N)=N1. The van der Waals surface area contributed by atoms with Crippen molar-refractivity contribution in [3.8, 4) is 0 Å². The molecule has 1 aromatic carbocycles. The van der Waals surface area contributed by atoms with E-state index in [4.69, 9.17) is 10.2 Å². The molecular weight excluding hydrogens is 388 g/mol. The molecule has 1 atom stereocenters. The number of hydrogen-bond acceptors (Lipinski definition) is 6. The van der Waals surface area contributed by atoms with E-state index in [1.807, 2.05) is 24.3 Å². The second kappa shape index (κ2) is 7.94. The summed E-state index contributed by atoms with van der Waals surface area (Å²) in [5, 5.41) is 0.591. The fourth-order valence-electron chi connectivity index (χ4n) is 3.73. The van der Waals surface area contributed by atoms with Crippen molar-refractivity contribution < 1.29 is 14.0 Å². The molecule has 3 heterocycles. The molecule has 2 amide bonds. The lowest BCUT2D eigenvalue weighted by Crippen LogP contribution is -2.50. The Morgan fingerprint density at radius 2 is 1.83 bits per heavy atom. The number of thioether (sulfide) groups is 1. The van der Waals surface area contributed by atoms with Gasteiger partial charge in [-0.25, -0.2) is 0 Å². The summed E-state index contributed by atoms with van der Waals surface area (Å²) in [4.78, 5) is 33.6. The van der Waals surface area contributed by atoms with Gasteiger partial charge in [-0.2, -0.15) is 0 Å². The van der Waals surface area contributed by atoms with E-state index in [2.05, 4.69) is 11.9 Å². The lowest BCUT2D eigenvalue weighted by Gasteiger charge is -2.34. The van der Waals surface area contributed by atoms with Crippen LogP contribution in [0.15, 0.2) is 52.1 Å². The summed E-state index contributed by atoms with van der Waals surface area (Å²) in [7, 11) is 0. The van der Waals surface area contributed by atoms with Crippen molar-refractivity contribution in [1.82, 2.24) is 9.80 Å². The third-order valence-electron chi connectivity index (χ3n) is 5.51. The number of nitrogens with zero attached hydrogens (tertiary/aromatic N) is 3. The molecule has 0 spiro atoms. The Bertz CT molecular complexity index is 935. The van der Waals surface area contributed by atoms with Crippen LogP contribution >= 0.6 is 11.8 Å². The van der Waals surface area contributed by atoms with Crippen LogP contribution in [0.2, 0.25) is 0 Å². The molecule has 1 saturated heterocycles. The predicted octanol–water partition coefficient (Wildman–Crippen LogP) is 2.54. The third kappa shape index (κ3) is 4.03. The van der Waals surface area contributed by atoms with Gasteiger partial charge in [0.1, 0.15) is 0 Å². The molecule has 1 fully saturated rings. The zero-order valence-electron chi connectivity index (χ0n) is 16.3. The number of furan rings is 1. The number of carbonyl (C=O) groups excluding carboxylic acids is 2. The van der Waals surface area contributed by atoms with Crippen LogP contribution in [0.3, 0.4) is 0 Å². The van der Waals surface area contributed by atoms with E-state index >= 15 is 0 Å². The largest absolute Gasteiger partial charge is 0.459 e. The number of amides is 2. The molecule has 7 nitrogen and oxygen atoms in total. The van der Waals surface area contributed by atoms with Gasteiger partial charge in [-0.1, -0.05) is 23.9 Å². The summed E-state index contributed by atoms with van der Waals surface area (Å²) in [6.07, 6.45) is 2.37. The van der Waals surface area contributed by atoms with Crippen LogP contribution in [-0.2, 0) is 5.54 Å². The molecule has 8 heteroatoms. The first kappa shape index (κ1) is 19.6. The molecular formula is C21H24N4O3S. The number of amidine groups is 1. The topological polar surface area (TPSA) is 92.1 Å². The Morgan fingerprint density at radius 3 is 2.48 bits per heavy atom. The van der Waals surface area contributed by atoms with Gasteiger partial charge in [-0.3, -0.25) is 14.6 Å². The normalized spacial score (nSPS) is 22.3. The molecule has 4 rings (SSSR count). The molecule has 152 valence electrons. The smallest absolute Gasteiger partial charge is 0.289 e. The Hall–Kier alpha value is -2.74. The van der Waals surface area contributed by atoms with Crippen LogP contribution < -0.4 is 5.73 Å². The summed E-state index contributed by atoms with van der Waals surface area (Å²) in [5.74, 6) is 1.08. The van der Waals surface area contributed by atoms with Gasteiger partial charge >= 0.3 is 0 Å². The summed E-state index contributed by atoms with van der Waals surface area (Å²) < 4.78 is 5.19. The van der Waals surface area contributed by atoms with Crippen molar-refractivity contribution in [3.05, 3.63) is 59.5 Å². The van der Waals surface area contributed by atoms with Gasteiger partial charge in [-0.05, 0) is 43.2 Å². The Labute approximate surface area is 173 Å². The third-order valence-corrected chi connectivity index (χ3v) is 6.31. The van der Waals surface area contributed by atoms with Crippen molar-refractivity contribution in [1.29, 1.82) is 0 Å². The van der Waals surface area contributed by atoms with Crippen molar-refractivity contribution in [2.24, 2.45) is 10.7 Å². The first-order valence-corrected chi connectivity index (χ1v) is 10.7.